The molecule has 164 valence electrons. The topological polar surface area (TPSA) is 63.6 Å². The molecule has 3 aliphatic rings. The number of hydrogen-bond acceptors (Lipinski definition) is 6. The van der Waals surface area contributed by atoms with E-state index < -0.39 is 12.2 Å². The summed E-state index contributed by atoms with van der Waals surface area (Å²) in [7, 11) is 0. The highest BCUT2D eigenvalue weighted by Gasteiger charge is 2.42. The molecular formula is C20H26F3N5O2. The monoisotopic (exact) mass is 425 g/mol. The molecule has 0 radical (unpaired) electrons. The Labute approximate surface area is 172 Å². The molecule has 3 saturated heterocycles. The van der Waals surface area contributed by atoms with Gasteiger partial charge in [0.2, 0.25) is 0 Å². The Morgan fingerprint density at radius 2 is 1.97 bits per heavy atom. The van der Waals surface area contributed by atoms with Crippen molar-refractivity contribution >= 4 is 10.9 Å². The van der Waals surface area contributed by atoms with E-state index in [-0.39, 0.29) is 24.4 Å². The molecule has 0 aliphatic carbocycles. The molecule has 0 bridgehead atoms. The summed E-state index contributed by atoms with van der Waals surface area (Å²) >= 11 is 0. The third-order valence-corrected chi connectivity index (χ3v) is 6.59. The Morgan fingerprint density at radius 1 is 1.20 bits per heavy atom. The van der Waals surface area contributed by atoms with Crippen molar-refractivity contribution in [1.29, 1.82) is 0 Å². The van der Waals surface area contributed by atoms with Crippen molar-refractivity contribution in [3.63, 3.8) is 0 Å². The second kappa shape index (κ2) is 7.76. The Bertz CT molecular complexity index is 892. The molecule has 3 unspecified atom stereocenters. The molecule has 30 heavy (non-hydrogen) atoms. The summed E-state index contributed by atoms with van der Waals surface area (Å²) in [6.45, 7) is 3.44. The quantitative estimate of drug-likeness (QED) is 0.786. The van der Waals surface area contributed by atoms with Gasteiger partial charge in [-0.25, -0.2) is 0 Å². The lowest BCUT2D eigenvalue weighted by atomic mass is 9.94. The third-order valence-electron chi connectivity index (χ3n) is 6.59. The number of likely N-dealkylation sites (tertiary alicyclic amines) is 1. The van der Waals surface area contributed by atoms with E-state index in [9.17, 15) is 13.2 Å². The van der Waals surface area contributed by atoms with Gasteiger partial charge in [-0.3, -0.25) is 19.7 Å². The van der Waals surface area contributed by atoms with E-state index in [0.29, 0.717) is 39.1 Å². The van der Waals surface area contributed by atoms with Gasteiger partial charge in [0.15, 0.2) is 0 Å². The summed E-state index contributed by atoms with van der Waals surface area (Å²) in [6, 6.07) is 5.05. The number of rotatable bonds is 4. The highest BCUT2D eigenvalue weighted by atomic mass is 19.4. The number of fused-ring (bicyclic) bond motifs is 1. The first kappa shape index (κ1) is 20.2. The van der Waals surface area contributed by atoms with E-state index in [0.717, 1.165) is 16.5 Å². The van der Waals surface area contributed by atoms with Crippen LogP contribution < -0.4 is 10.8 Å². The fourth-order valence-corrected chi connectivity index (χ4v) is 4.48. The molecule has 5 rings (SSSR count). The van der Waals surface area contributed by atoms with E-state index >= 15 is 0 Å². The molecule has 0 amide bonds. The van der Waals surface area contributed by atoms with Crippen LogP contribution in [0.25, 0.3) is 10.9 Å². The van der Waals surface area contributed by atoms with Crippen molar-refractivity contribution in [2.75, 3.05) is 26.3 Å². The summed E-state index contributed by atoms with van der Waals surface area (Å²) in [5.74, 6) is 0.167. The number of alkyl halides is 3. The van der Waals surface area contributed by atoms with Crippen LogP contribution in [0, 0.1) is 5.92 Å². The predicted octanol–water partition coefficient (Wildman–Crippen LogP) is 2.72. The summed E-state index contributed by atoms with van der Waals surface area (Å²) in [6.07, 6.45) is -1.38. The largest absolute Gasteiger partial charge is 0.403 e. The van der Waals surface area contributed by atoms with E-state index in [1.165, 1.54) is 11.8 Å². The van der Waals surface area contributed by atoms with E-state index in [2.05, 4.69) is 22.0 Å². The normalized spacial score (nSPS) is 28.1. The lowest BCUT2D eigenvalue weighted by molar-refractivity contribution is -0.183. The van der Waals surface area contributed by atoms with Gasteiger partial charge < -0.3 is 4.74 Å². The molecule has 4 heterocycles. The molecule has 3 aliphatic heterocycles. The van der Waals surface area contributed by atoms with Gasteiger partial charge in [-0.1, -0.05) is 12.1 Å². The molecule has 7 nitrogen and oxygen atoms in total. The van der Waals surface area contributed by atoms with Crippen molar-refractivity contribution < 1.29 is 22.7 Å². The van der Waals surface area contributed by atoms with Crippen LogP contribution in [0.15, 0.2) is 24.4 Å². The van der Waals surface area contributed by atoms with Crippen LogP contribution in [0.5, 0.6) is 0 Å². The minimum atomic E-state index is -4.18. The van der Waals surface area contributed by atoms with Gasteiger partial charge in [0, 0.05) is 11.3 Å². The minimum absolute atomic E-state index is 0.167. The zero-order valence-corrected chi connectivity index (χ0v) is 16.7. The van der Waals surface area contributed by atoms with Crippen molar-refractivity contribution in [2.45, 2.75) is 50.4 Å². The average Bonchev–Trinajstić information content (AvgIpc) is 3.33. The molecule has 0 spiro atoms. The Kier molecular flexibility index (Phi) is 5.22. The molecule has 10 heteroatoms. The molecule has 1 aromatic carbocycles. The number of nitrogens with one attached hydrogen (secondary N) is 2. The van der Waals surface area contributed by atoms with Gasteiger partial charge in [0.05, 0.1) is 31.0 Å². The number of aromatic nitrogens is 2. The highest BCUT2D eigenvalue weighted by molar-refractivity contribution is 5.79. The maximum absolute atomic E-state index is 13.0. The average molecular weight is 425 g/mol. The van der Waals surface area contributed by atoms with Crippen LogP contribution in [-0.2, 0) is 9.57 Å². The van der Waals surface area contributed by atoms with Crippen LogP contribution in [0.2, 0.25) is 0 Å². The highest BCUT2D eigenvalue weighted by Crippen LogP contribution is 2.32. The number of hydroxylamine groups is 1. The maximum Gasteiger partial charge on any atom is 0.403 e. The van der Waals surface area contributed by atoms with Gasteiger partial charge in [-0.2, -0.15) is 23.8 Å². The van der Waals surface area contributed by atoms with E-state index in [4.69, 9.17) is 9.57 Å². The summed E-state index contributed by atoms with van der Waals surface area (Å²) in [5, 5.41) is 9.02. The van der Waals surface area contributed by atoms with Gasteiger partial charge >= 0.3 is 6.18 Å². The van der Waals surface area contributed by atoms with Crippen molar-refractivity contribution in [3.8, 4) is 0 Å². The number of piperidine rings is 1. The number of ether oxygens (including phenoxy) is 1. The fraction of sp³-hybridized carbons (Fsp3) is 0.650. The second-order valence-corrected chi connectivity index (χ2v) is 8.45. The van der Waals surface area contributed by atoms with Crippen LogP contribution in [0.4, 0.5) is 13.2 Å². The zero-order valence-electron chi connectivity index (χ0n) is 16.7. The number of hydrogen-bond donors (Lipinski definition) is 2. The van der Waals surface area contributed by atoms with Crippen LogP contribution >= 0.6 is 0 Å². The van der Waals surface area contributed by atoms with Crippen LogP contribution in [0.1, 0.15) is 37.5 Å². The number of nitrogens with zero attached hydrogens (tertiary/aromatic N) is 3. The Morgan fingerprint density at radius 3 is 2.63 bits per heavy atom. The standard InChI is InChI=1S/C20H26F3N5O2/c1-12(20(21,22)23)27-6-4-13(5-7-27)19-25-18(26-30-19)14-2-3-15-9-24-28(17(15)8-14)16-10-29-11-16/h2-3,8-9,12-13,16,18-19,25-26H,4-7,10-11H2,1H3. The van der Waals surface area contributed by atoms with Gasteiger partial charge in [-0.15, -0.1) is 0 Å². The Balaban J connectivity index is 1.22. The third kappa shape index (κ3) is 3.71. The van der Waals surface area contributed by atoms with E-state index in [1.54, 1.807) is 0 Å². The van der Waals surface area contributed by atoms with Crippen LogP contribution in [-0.4, -0.2) is 59.4 Å². The summed E-state index contributed by atoms with van der Waals surface area (Å²) in [4.78, 5) is 7.29. The molecule has 1 aromatic heterocycles. The molecule has 3 atom stereocenters. The second-order valence-electron chi connectivity index (χ2n) is 8.45. The van der Waals surface area contributed by atoms with Gasteiger partial charge in [-0.05, 0) is 44.5 Å². The summed E-state index contributed by atoms with van der Waals surface area (Å²) in [5.41, 5.74) is 5.15. The lowest BCUT2D eigenvalue weighted by Gasteiger charge is -2.37. The molecule has 0 saturated carbocycles. The minimum Gasteiger partial charge on any atom is -0.377 e. The van der Waals surface area contributed by atoms with Crippen LogP contribution in [0.3, 0.4) is 0 Å². The van der Waals surface area contributed by atoms with Crippen molar-refractivity contribution in [1.82, 2.24) is 25.5 Å². The lowest BCUT2D eigenvalue weighted by Crippen LogP contribution is -2.49. The maximum atomic E-state index is 13.0. The first-order valence-corrected chi connectivity index (χ1v) is 10.4. The predicted molar refractivity (Wildman–Crippen MR) is 103 cm³/mol. The fourth-order valence-electron chi connectivity index (χ4n) is 4.48. The van der Waals surface area contributed by atoms with Crippen molar-refractivity contribution in [2.24, 2.45) is 5.92 Å². The molecule has 3 fully saturated rings. The van der Waals surface area contributed by atoms with Gasteiger partial charge in [0.1, 0.15) is 18.4 Å². The van der Waals surface area contributed by atoms with Crippen molar-refractivity contribution in [3.05, 3.63) is 30.0 Å². The Hall–Kier alpha value is -1.72. The molecule has 2 aromatic rings. The number of halogens is 3. The van der Waals surface area contributed by atoms with E-state index in [1.807, 2.05) is 23.0 Å². The van der Waals surface area contributed by atoms with Gasteiger partial charge in [0.25, 0.3) is 0 Å². The molecule has 2 N–H and O–H groups in total. The first-order valence-electron chi connectivity index (χ1n) is 10.4. The SMILES string of the molecule is CC(N1CCC(C2NC(c3ccc4cnn(C5COC5)c4c3)NO2)CC1)C(F)(F)F. The first-order chi connectivity index (χ1) is 14.4. The smallest absolute Gasteiger partial charge is 0.377 e. The molecular weight excluding hydrogens is 399 g/mol. The summed E-state index contributed by atoms with van der Waals surface area (Å²) < 4.78 is 46.2. The number of benzene rings is 1. The zero-order chi connectivity index (χ0) is 20.9.